The van der Waals surface area contributed by atoms with E-state index in [0.717, 1.165) is 24.5 Å². The van der Waals surface area contributed by atoms with Gasteiger partial charge in [-0.15, -0.1) is 11.3 Å². The molecule has 0 atom stereocenters. The van der Waals surface area contributed by atoms with Crippen molar-refractivity contribution in [3.05, 3.63) is 29.7 Å². The van der Waals surface area contributed by atoms with Crippen LogP contribution in [0.4, 0.5) is 9.52 Å². The second kappa shape index (κ2) is 8.93. The van der Waals surface area contributed by atoms with Crippen LogP contribution in [0.1, 0.15) is 42.4 Å². The second-order valence-corrected chi connectivity index (χ2v) is 6.40. The number of anilines is 1. The highest BCUT2D eigenvalue weighted by molar-refractivity contribution is 7.14. The zero-order valence-corrected chi connectivity index (χ0v) is 14.6. The fourth-order valence-electron chi connectivity index (χ4n) is 2.68. The number of hydrogen-bond donors (Lipinski definition) is 2. The second-order valence-electron chi connectivity index (χ2n) is 5.54. The lowest BCUT2D eigenvalue weighted by molar-refractivity contribution is 0.339. The monoisotopic (exact) mass is 340 g/mol. The summed E-state index contributed by atoms with van der Waals surface area (Å²) in [4.78, 5) is 8.10. The molecule has 2 aromatic rings. The number of nitrogens with two attached hydrogens (primary N) is 1. The first kappa shape index (κ1) is 17.8. The first-order chi connectivity index (χ1) is 11.2. The molecule has 0 amide bonds. The van der Waals surface area contributed by atoms with Gasteiger partial charge in [0.2, 0.25) is 5.95 Å². The Bertz CT molecular complexity index is 604. The van der Waals surface area contributed by atoms with Gasteiger partial charge in [-0.1, -0.05) is 13.8 Å². The molecule has 130 valence electrons. The SMILES string of the molecule is CC.NC1CCC(CNc2nc(-c3cccnc3F)cs2)CC1.[HH].[HH]. The summed E-state index contributed by atoms with van der Waals surface area (Å²) in [6.07, 6.45) is 6.00. The molecule has 1 fully saturated rings. The van der Waals surface area contributed by atoms with Crippen LogP contribution < -0.4 is 11.1 Å². The van der Waals surface area contributed by atoms with Crippen molar-refractivity contribution in [1.82, 2.24) is 9.97 Å². The molecule has 0 bridgehead atoms. The Labute approximate surface area is 144 Å². The van der Waals surface area contributed by atoms with E-state index < -0.39 is 5.95 Å². The Morgan fingerprint density at radius 1 is 1.35 bits per heavy atom. The summed E-state index contributed by atoms with van der Waals surface area (Å²) in [7, 11) is 0. The molecule has 0 aromatic carbocycles. The quantitative estimate of drug-likeness (QED) is 0.785. The molecule has 3 rings (SSSR count). The van der Waals surface area contributed by atoms with Crippen LogP contribution in [-0.4, -0.2) is 22.6 Å². The van der Waals surface area contributed by atoms with E-state index in [1.54, 1.807) is 12.1 Å². The average molecular weight is 341 g/mol. The van der Waals surface area contributed by atoms with Gasteiger partial charge in [0, 0.05) is 27.0 Å². The van der Waals surface area contributed by atoms with Gasteiger partial charge in [-0.25, -0.2) is 9.97 Å². The molecular formula is C17H29FN4S. The van der Waals surface area contributed by atoms with Gasteiger partial charge in [0.05, 0.1) is 11.3 Å². The molecule has 1 aliphatic rings. The predicted octanol–water partition coefficient (Wildman–Crippen LogP) is 4.79. The Balaban J connectivity index is 0.00000139. The van der Waals surface area contributed by atoms with Crippen molar-refractivity contribution in [3.63, 3.8) is 0 Å². The lowest BCUT2D eigenvalue weighted by Gasteiger charge is -2.25. The van der Waals surface area contributed by atoms with Gasteiger partial charge >= 0.3 is 0 Å². The minimum Gasteiger partial charge on any atom is -0.361 e. The normalized spacial score (nSPS) is 20.5. The lowest BCUT2D eigenvalue weighted by Crippen LogP contribution is -2.29. The summed E-state index contributed by atoms with van der Waals surface area (Å²) in [5.74, 6) is 0.183. The van der Waals surface area contributed by atoms with E-state index >= 15 is 0 Å². The van der Waals surface area contributed by atoms with Crippen molar-refractivity contribution in [2.75, 3.05) is 11.9 Å². The van der Waals surface area contributed by atoms with Crippen LogP contribution >= 0.6 is 11.3 Å². The number of aromatic nitrogens is 2. The van der Waals surface area contributed by atoms with E-state index in [9.17, 15) is 4.39 Å². The number of nitrogens with one attached hydrogen (secondary N) is 1. The van der Waals surface area contributed by atoms with Crippen molar-refractivity contribution in [3.8, 4) is 11.3 Å². The zero-order valence-electron chi connectivity index (χ0n) is 13.8. The summed E-state index contributed by atoms with van der Waals surface area (Å²) < 4.78 is 13.6. The smallest absolute Gasteiger partial charge is 0.222 e. The van der Waals surface area contributed by atoms with Crippen LogP contribution in [0.25, 0.3) is 11.3 Å². The summed E-state index contributed by atoms with van der Waals surface area (Å²) in [5.41, 5.74) is 7.00. The van der Waals surface area contributed by atoms with Gasteiger partial charge in [-0.05, 0) is 43.7 Å². The highest BCUT2D eigenvalue weighted by atomic mass is 32.1. The van der Waals surface area contributed by atoms with Crippen molar-refractivity contribution in [2.45, 2.75) is 45.6 Å². The molecule has 2 heterocycles. The topological polar surface area (TPSA) is 63.8 Å². The Morgan fingerprint density at radius 3 is 2.78 bits per heavy atom. The summed E-state index contributed by atoms with van der Waals surface area (Å²) >= 11 is 1.50. The van der Waals surface area contributed by atoms with Crippen molar-refractivity contribution in [2.24, 2.45) is 11.7 Å². The minimum atomic E-state index is -0.476. The minimum absolute atomic E-state index is 0. The number of halogens is 1. The van der Waals surface area contributed by atoms with E-state index in [4.69, 9.17) is 5.73 Å². The molecule has 1 aliphatic carbocycles. The van der Waals surface area contributed by atoms with E-state index in [0.29, 0.717) is 23.2 Å². The molecule has 3 N–H and O–H groups in total. The predicted molar refractivity (Wildman–Crippen MR) is 99.3 cm³/mol. The van der Waals surface area contributed by atoms with Crippen molar-refractivity contribution in [1.29, 1.82) is 0 Å². The molecule has 4 nitrogen and oxygen atoms in total. The van der Waals surface area contributed by atoms with E-state index in [2.05, 4.69) is 15.3 Å². The molecule has 0 aliphatic heterocycles. The third kappa shape index (κ3) is 4.97. The van der Waals surface area contributed by atoms with E-state index in [1.165, 1.54) is 30.4 Å². The molecule has 23 heavy (non-hydrogen) atoms. The van der Waals surface area contributed by atoms with Gasteiger partial charge in [0.15, 0.2) is 5.13 Å². The van der Waals surface area contributed by atoms with Crippen LogP contribution in [0.15, 0.2) is 23.7 Å². The highest BCUT2D eigenvalue weighted by Gasteiger charge is 2.18. The van der Waals surface area contributed by atoms with Crippen molar-refractivity contribution < 1.29 is 7.24 Å². The largest absolute Gasteiger partial charge is 0.361 e. The van der Waals surface area contributed by atoms with Gasteiger partial charge in [0.25, 0.3) is 0 Å². The first-order valence-corrected chi connectivity index (χ1v) is 9.16. The molecule has 0 radical (unpaired) electrons. The molecule has 1 saturated carbocycles. The fraction of sp³-hybridized carbons (Fsp3) is 0.529. The highest BCUT2D eigenvalue weighted by Crippen LogP contribution is 2.27. The third-order valence-corrected chi connectivity index (χ3v) is 4.77. The zero-order chi connectivity index (χ0) is 16.7. The summed E-state index contributed by atoms with van der Waals surface area (Å²) in [6, 6.07) is 3.79. The van der Waals surface area contributed by atoms with E-state index in [1.807, 2.05) is 19.2 Å². The Kier molecular flexibility index (Phi) is 6.92. The molecule has 2 aromatic heterocycles. The number of thiazole rings is 1. The maximum Gasteiger partial charge on any atom is 0.222 e. The third-order valence-electron chi connectivity index (χ3n) is 3.97. The fourth-order valence-corrected chi connectivity index (χ4v) is 3.40. The van der Waals surface area contributed by atoms with E-state index in [-0.39, 0.29) is 2.85 Å². The van der Waals surface area contributed by atoms with Crippen LogP contribution in [0, 0.1) is 11.9 Å². The number of pyridine rings is 1. The summed E-state index contributed by atoms with van der Waals surface area (Å²) in [6.45, 7) is 4.91. The lowest BCUT2D eigenvalue weighted by atomic mass is 9.86. The van der Waals surface area contributed by atoms with Gasteiger partial charge in [-0.2, -0.15) is 4.39 Å². The number of nitrogens with zero attached hydrogens (tertiary/aromatic N) is 2. The van der Waals surface area contributed by atoms with Gasteiger partial charge in [0.1, 0.15) is 0 Å². The molecule has 0 saturated heterocycles. The average Bonchev–Trinajstić information content (AvgIpc) is 3.05. The Morgan fingerprint density at radius 2 is 2.09 bits per heavy atom. The molecule has 0 spiro atoms. The van der Waals surface area contributed by atoms with Crippen LogP contribution in [0.5, 0.6) is 0 Å². The van der Waals surface area contributed by atoms with Crippen LogP contribution in [0.3, 0.4) is 0 Å². The maximum absolute atomic E-state index is 13.6. The molecular weight excluding hydrogens is 311 g/mol. The standard InChI is InChI=1S/C15H19FN4S.C2H6.2H2/c16-14-12(2-1-7-18-14)13-9-21-15(20-13)19-8-10-3-5-11(17)6-4-10;1-2;;/h1-2,7,9-11H,3-6,8,17H2,(H,19,20);1-2H3;2*1H. The number of hydrogen-bond acceptors (Lipinski definition) is 5. The summed E-state index contributed by atoms with van der Waals surface area (Å²) in [5, 5.41) is 6.06. The van der Waals surface area contributed by atoms with Gasteiger partial charge < -0.3 is 11.1 Å². The molecule has 6 heteroatoms. The van der Waals surface area contributed by atoms with Crippen LogP contribution in [-0.2, 0) is 0 Å². The van der Waals surface area contributed by atoms with Gasteiger partial charge in [-0.3, -0.25) is 0 Å². The number of rotatable bonds is 4. The van der Waals surface area contributed by atoms with Crippen molar-refractivity contribution >= 4 is 16.5 Å². The first-order valence-electron chi connectivity index (χ1n) is 8.28. The van der Waals surface area contributed by atoms with Crippen LogP contribution in [0.2, 0.25) is 0 Å². The Hall–Kier alpha value is -1.53. The molecule has 0 unspecified atom stereocenters. The maximum atomic E-state index is 13.6.